The van der Waals surface area contributed by atoms with Crippen molar-refractivity contribution in [2.45, 2.75) is 33.3 Å². The standard InChI is InChI=1S/C15H22O4/c1-4-18-14(17)15(2,3)10-12(16)11-19-13-8-6-5-7-9-13/h5-9,12,16H,4,10-11H2,1-3H3. The molecule has 0 aromatic heterocycles. The lowest BCUT2D eigenvalue weighted by molar-refractivity contribution is -0.155. The van der Waals surface area contributed by atoms with Gasteiger partial charge in [0.05, 0.1) is 18.1 Å². The Hall–Kier alpha value is -1.55. The highest BCUT2D eigenvalue weighted by molar-refractivity contribution is 5.75. The van der Waals surface area contributed by atoms with Crippen LogP contribution in [0.25, 0.3) is 0 Å². The van der Waals surface area contributed by atoms with Gasteiger partial charge in [-0.05, 0) is 39.3 Å². The smallest absolute Gasteiger partial charge is 0.311 e. The Morgan fingerprint density at radius 1 is 1.32 bits per heavy atom. The minimum atomic E-state index is -0.713. The van der Waals surface area contributed by atoms with Gasteiger partial charge in [0.25, 0.3) is 0 Å². The lowest BCUT2D eigenvalue weighted by Gasteiger charge is -2.25. The molecule has 4 nitrogen and oxygen atoms in total. The molecule has 0 aliphatic carbocycles. The maximum Gasteiger partial charge on any atom is 0.311 e. The van der Waals surface area contributed by atoms with Crippen LogP contribution in [0.15, 0.2) is 30.3 Å². The van der Waals surface area contributed by atoms with Crippen LogP contribution >= 0.6 is 0 Å². The minimum Gasteiger partial charge on any atom is -0.491 e. The molecule has 1 N–H and O–H groups in total. The van der Waals surface area contributed by atoms with Crippen molar-refractivity contribution >= 4 is 5.97 Å². The molecule has 0 heterocycles. The summed E-state index contributed by atoms with van der Waals surface area (Å²) in [5.74, 6) is 0.407. The molecule has 1 atom stereocenters. The number of rotatable bonds is 7. The van der Waals surface area contributed by atoms with E-state index < -0.39 is 11.5 Å². The zero-order chi connectivity index (χ0) is 14.3. The molecule has 1 aromatic carbocycles. The van der Waals surface area contributed by atoms with Crippen LogP contribution in [0, 0.1) is 5.41 Å². The molecule has 0 radical (unpaired) electrons. The highest BCUT2D eigenvalue weighted by Gasteiger charge is 2.31. The van der Waals surface area contributed by atoms with Crippen molar-refractivity contribution in [2.75, 3.05) is 13.2 Å². The third-order valence-corrected chi connectivity index (χ3v) is 2.76. The van der Waals surface area contributed by atoms with E-state index >= 15 is 0 Å². The number of aliphatic hydroxyl groups excluding tert-OH is 1. The molecule has 19 heavy (non-hydrogen) atoms. The molecule has 1 aromatic rings. The normalized spacial score (nSPS) is 12.8. The predicted molar refractivity (Wildman–Crippen MR) is 73.0 cm³/mol. The molecule has 0 saturated carbocycles. The fourth-order valence-corrected chi connectivity index (χ4v) is 1.77. The van der Waals surface area contributed by atoms with Crippen molar-refractivity contribution in [1.82, 2.24) is 0 Å². The Balaban J connectivity index is 2.42. The van der Waals surface area contributed by atoms with Gasteiger partial charge >= 0.3 is 5.97 Å². The maximum absolute atomic E-state index is 11.7. The van der Waals surface area contributed by atoms with Crippen molar-refractivity contribution in [3.05, 3.63) is 30.3 Å². The first kappa shape index (κ1) is 15.5. The third kappa shape index (κ3) is 5.30. The van der Waals surface area contributed by atoms with Gasteiger partial charge in [-0.15, -0.1) is 0 Å². The Bertz CT molecular complexity index is 386. The number of carbonyl (C=O) groups is 1. The molecule has 106 valence electrons. The maximum atomic E-state index is 11.7. The fourth-order valence-electron chi connectivity index (χ4n) is 1.77. The predicted octanol–water partition coefficient (Wildman–Crippen LogP) is 2.41. The number of hydrogen-bond acceptors (Lipinski definition) is 4. The van der Waals surface area contributed by atoms with Crippen molar-refractivity contribution in [2.24, 2.45) is 5.41 Å². The zero-order valence-electron chi connectivity index (χ0n) is 11.8. The lowest BCUT2D eigenvalue weighted by atomic mass is 9.87. The van der Waals surface area contributed by atoms with Gasteiger partial charge in [0, 0.05) is 0 Å². The van der Waals surface area contributed by atoms with Crippen molar-refractivity contribution in [3.63, 3.8) is 0 Å². The number of para-hydroxylation sites is 1. The highest BCUT2D eigenvalue weighted by Crippen LogP contribution is 2.24. The summed E-state index contributed by atoms with van der Waals surface area (Å²) in [6.07, 6.45) is -0.404. The molecule has 4 heteroatoms. The first-order valence-electron chi connectivity index (χ1n) is 6.49. The first-order chi connectivity index (χ1) is 8.95. The minimum absolute atomic E-state index is 0.160. The number of benzene rings is 1. The van der Waals surface area contributed by atoms with Crippen LogP contribution in [0.1, 0.15) is 27.2 Å². The quantitative estimate of drug-likeness (QED) is 0.770. The van der Waals surface area contributed by atoms with Gasteiger partial charge < -0.3 is 14.6 Å². The van der Waals surface area contributed by atoms with Gasteiger partial charge in [-0.1, -0.05) is 18.2 Å². The van der Waals surface area contributed by atoms with Gasteiger partial charge in [0.15, 0.2) is 0 Å². The Morgan fingerprint density at radius 2 is 1.95 bits per heavy atom. The summed E-state index contributed by atoms with van der Waals surface area (Å²) in [7, 11) is 0. The van der Waals surface area contributed by atoms with Crippen LogP contribution < -0.4 is 4.74 Å². The number of esters is 1. The SMILES string of the molecule is CCOC(=O)C(C)(C)CC(O)COc1ccccc1. The van der Waals surface area contributed by atoms with Crippen LogP contribution in [-0.2, 0) is 9.53 Å². The number of ether oxygens (including phenoxy) is 2. The van der Waals surface area contributed by atoms with E-state index in [9.17, 15) is 9.90 Å². The van der Waals surface area contributed by atoms with Gasteiger partial charge in [0.2, 0.25) is 0 Å². The topological polar surface area (TPSA) is 55.8 Å². The zero-order valence-corrected chi connectivity index (χ0v) is 11.8. The van der Waals surface area contributed by atoms with Gasteiger partial charge in [-0.2, -0.15) is 0 Å². The summed E-state index contributed by atoms with van der Waals surface area (Å²) in [6.45, 7) is 5.79. The molecule has 0 saturated heterocycles. The van der Waals surface area contributed by atoms with Gasteiger partial charge in [0.1, 0.15) is 12.4 Å². The summed E-state index contributed by atoms with van der Waals surface area (Å²) in [5.41, 5.74) is -0.713. The van der Waals surface area contributed by atoms with E-state index in [-0.39, 0.29) is 12.6 Å². The van der Waals surface area contributed by atoms with Crippen molar-refractivity contribution in [3.8, 4) is 5.75 Å². The summed E-state index contributed by atoms with van der Waals surface area (Å²) < 4.78 is 10.4. The van der Waals surface area contributed by atoms with Gasteiger partial charge in [-0.25, -0.2) is 0 Å². The van der Waals surface area contributed by atoms with E-state index in [1.54, 1.807) is 20.8 Å². The van der Waals surface area contributed by atoms with Crippen LogP contribution in [0.3, 0.4) is 0 Å². The van der Waals surface area contributed by atoms with E-state index in [2.05, 4.69) is 0 Å². The van der Waals surface area contributed by atoms with Crippen molar-refractivity contribution in [1.29, 1.82) is 0 Å². The van der Waals surface area contributed by atoms with E-state index in [0.29, 0.717) is 18.8 Å². The number of hydrogen-bond donors (Lipinski definition) is 1. The van der Waals surface area contributed by atoms with Crippen LogP contribution in [-0.4, -0.2) is 30.4 Å². The monoisotopic (exact) mass is 266 g/mol. The van der Waals surface area contributed by atoms with Crippen LogP contribution in [0.4, 0.5) is 0 Å². The molecule has 0 fully saturated rings. The first-order valence-corrected chi connectivity index (χ1v) is 6.49. The van der Waals surface area contributed by atoms with E-state index in [1.165, 1.54) is 0 Å². The molecule has 1 unspecified atom stereocenters. The van der Waals surface area contributed by atoms with Gasteiger partial charge in [-0.3, -0.25) is 4.79 Å². The summed E-state index contributed by atoms with van der Waals surface area (Å²) in [6, 6.07) is 9.27. The molecule has 0 bridgehead atoms. The molecule has 0 spiro atoms. The Labute approximate surface area is 114 Å². The summed E-state index contributed by atoms with van der Waals surface area (Å²) in [4.78, 5) is 11.7. The van der Waals surface area contributed by atoms with E-state index in [0.717, 1.165) is 0 Å². The average molecular weight is 266 g/mol. The summed E-state index contributed by atoms with van der Waals surface area (Å²) in [5, 5.41) is 9.93. The summed E-state index contributed by atoms with van der Waals surface area (Å²) >= 11 is 0. The fraction of sp³-hybridized carbons (Fsp3) is 0.533. The van der Waals surface area contributed by atoms with Crippen LogP contribution in [0.5, 0.6) is 5.75 Å². The largest absolute Gasteiger partial charge is 0.491 e. The average Bonchev–Trinajstić information content (AvgIpc) is 2.37. The highest BCUT2D eigenvalue weighted by atomic mass is 16.5. The molecule has 0 aliphatic heterocycles. The lowest BCUT2D eigenvalue weighted by Crippen LogP contribution is -2.33. The van der Waals surface area contributed by atoms with Crippen molar-refractivity contribution < 1.29 is 19.4 Å². The molecular weight excluding hydrogens is 244 g/mol. The number of carbonyl (C=O) groups excluding carboxylic acids is 1. The second-order valence-corrected chi connectivity index (χ2v) is 5.09. The second-order valence-electron chi connectivity index (χ2n) is 5.09. The Kier molecular flexibility index (Phi) is 5.83. The molecule has 0 amide bonds. The Morgan fingerprint density at radius 3 is 2.53 bits per heavy atom. The van der Waals surface area contributed by atoms with E-state index in [1.807, 2.05) is 30.3 Å². The van der Waals surface area contributed by atoms with Crippen LogP contribution in [0.2, 0.25) is 0 Å². The molecular formula is C15H22O4. The second kappa shape index (κ2) is 7.14. The molecule has 0 aliphatic rings. The number of aliphatic hydroxyl groups is 1. The molecule has 1 rings (SSSR count). The van der Waals surface area contributed by atoms with E-state index in [4.69, 9.17) is 9.47 Å². The third-order valence-electron chi connectivity index (χ3n) is 2.76.